The second kappa shape index (κ2) is 7.31. The number of carbonyl (C=O) groups is 1. The number of benzene rings is 1. The van der Waals surface area contributed by atoms with E-state index in [0.29, 0.717) is 37.3 Å². The number of carbonyl (C=O) groups excluding carboxylic acids is 1. The average molecular weight is 379 g/mol. The van der Waals surface area contributed by atoms with Crippen molar-refractivity contribution < 1.29 is 22.4 Å². The molecule has 26 heavy (non-hydrogen) atoms. The van der Waals surface area contributed by atoms with E-state index in [0.717, 1.165) is 5.39 Å². The summed E-state index contributed by atoms with van der Waals surface area (Å²) in [6.07, 6.45) is 0.953. The van der Waals surface area contributed by atoms with Gasteiger partial charge in [0.25, 0.3) is 5.91 Å². The minimum Gasteiger partial charge on any atom is -0.493 e. The number of sulfone groups is 1. The lowest BCUT2D eigenvalue weighted by molar-refractivity contribution is 0.0695. The monoisotopic (exact) mass is 379 g/mol. The number of hydrogen-bond donors (Lipinski definition) is 0. The van der Waals surface area contributed by atoms with Crippen molar-refractivity contribution in [1.29, 1.82) is 0 Å². The van der Waals surface area contributed by atoms with Crippen molar-refractivity contribution in [3.8, 4) is 5.75 Å². The van der Waals surface area contributed by atoms with Gasteiger partial charge in [0.2, 0.25) is 0 Å². The van der Waals surface area contributed by atoms with E-state index in [1.807, 2.05) is 26.0 Å². The summed E-state index contributed by atoms with van der Waals surface area (Å²) in [5.74, 6) is 0.954. The Balaban J connectivity index is 1.71. The molecule has 1 saturated heterocycles. The fraction of sp³-hybridized carbons (Fsp3) is 0.526. The fourth-order valence-electron chi connectivity index (χ4n) is 3.48. The summed E-state index contributed by atoms with van der Waals surface area (Å²) in [5.41, 5.74) is 0.549. The molecule has 1 aliphatic heterocycles. The highest BCUT2D eigenvalue weighted by Gasteiger charge is 2.33. The molecule has 1 amide bonds. The molecule has 2 heterocycles. The molecule has 7 heteroatoms. The zero-order valence-corrected chi connectivity index (χ0v) is 16.2. The third kappa shape index (κ3) is 3.72. The lowest BCUT2D eigenvalue weighted by Crippen LogP contribution is -2.43. The highest BCUT2D eigenvalue weighted by Crippen LogP contribution is 2.30. The molecule has 1 aromatic heterocycles. The highest BCUT2D eigenvalue weighted by molar-refractivity contribution is 7.92. The SMILES string of the molecule is COc1cccc2cc(C(=O)N3CCC(S(=O)(=O)CC(C)C)CC3)oc12. The van der Waals surface area contributed by atoms with Gasteiger partial charge in [0, 0.05) is 18.5 Å². The van der Waals surface area contributed by atoms with Crippen LogP contribution in [0.15, 0.2) is 28.7 Å². The van der Waals surface area contributed by atoms with Crippen molar-refractivity contribution in [2.24, 2.45) is 5.92 Å². The molecule has 0 N–H and O–H groups in total. The van der Waals surface area contributed by atoms with Crippen LogP contribution < -0.4 is 4.74 Å². The van der Waals surface area contributed by atoms with E-state index in [2.05, 4.69) is 0 Å². The molecular formula is C19H25NO5S. The topological polar surface area (TPSA) is 76.8 Å². The second-order valence-electron chi connectivity index (χ2n) is 7.20. The Morgan fingerprint density at radius 3 is 2.62 bits per heavy atom. The molecule has 1 aromatic carbocycles. The maximum Gasteiger partial charge on any atom is 0.289 e. The molecule has 0 spiro atoms. The van der Waals surface area contributed by atoms with Gasteiger partial charge in [0.1, 0.15) is 0 Å². The van der Waals surface area contributed by atoms with Gasteiger partial charge >= 0.3 is 0 Å². The Bertz CT molecular complexity index is 892. The lowest BCUT2D eigenvalue weighted by Gasteiger charge is -2.31. The van der Waals surface area contributed by atoms with Crippen LogP contribution in [0.3, 0.4) is 0 Å². The number of nitrogens with zero attached hydrogens (tertiary/aromatic N) is 1. The van der Waals surface area contributed by atoms with E-state index in [1.165, 1.54) is 0 Å². The van der Waals surface area contributed by atoms with Gasteiger partial charge in [-0.15, -0.1) is 0 Å². The number of ether oxygens (including phenoxy) is 1. The van der Waals surface area contributed by atoms with E-state index >= 15 is 0 Å². The Morgan fingerprint density at radius 2 is 2.00 bits per heavy atom. The molecule has 0 atom stereocenters. The number of amides is 1. The summed E-state index contributed by atoms with van der Waals surface area (Å²) in [5, 5.41) is 0.451. The number of piperidine rings is 1. The van der Waals surface area contributed by atoms with Gasteiger partial charge < -0.3 is 14.1 Å². The number of likely N-dealkylation sites (tertiary alicyclic amines) is 1. The maximum absolute atomic E-state index is 12.7. The van der Waals surface area contributed by atoms with E-state index in [9.17, 15) is 13.2 Å². The summed E-state index contributed by atoms with van der Waals surface area (Å²) in [6, 6.07) is 7.20. The molecule has 3 rings (SSSR count). The van der Waals surface area contributed by atoms with Crippen LogP contribution in [0, 0.1) is 5.92 Å². The molecule has 2 aromatic rings. The smallest absolute Gasteiger partial charge is 0.289 e. The van der Waals surface area contributed by atoms with Crippen molar-refractivity contribution in [1.82, 2.24) is 4.90 Å². The molecule has 0 radical (unpaired) electrons. The predicted octanol–water partition coefficient (Wildman–Crippen LogP) is 3.12. The van der Waals surface area contributed by atoms with Crippen LogP contribution in [0.25, 0.3) is 11.0 Å². The zero-order chi connectivity index (χ0) is 18.9. The van der Waals surface area contributed by atoms with Crippen LogP contribution in [-0.4, -0.2) is 50.4 Å². The van der Waals surface area contributed by atoms with E-state index < -0.39 is 9.84 Å². The van der Waals surface area contributed by atoms with Gasteiger partial charge in [-0.05, 0) is 30.9 Å². The van der Waals surface area contributed by atoms with Crippen LogP contribution in [-0.2, 0) is 9.84 Å². The van der Waals surface area contributed by atoms with E-state index in [1.54, 1.807) is 24.1 Å². The first-order valence-corrected chi connectivity index (χ1v) is 10.6. The summed E-state index contributed by atoms with van der Waals surface area (Å²) < 4.78 is 35.8. The second-order valence-corrected chi connectivity index (χ2v) is 9.53. The van der Waals surface area contributed by atoms with Crippen molar-refractivity contribution in [2.75, 3.05) is 26.0 Å². The summed E-state index contributed by atoms with van der Waals surface area (Å²) in [7, 11) is -1.55. The van der Waals surface area contributed by atoms with Crippen LogP contribution >= 0.6 is 0 Å². The van der Waals surface area contributed by atoms with Crippen molar-refractivity contribution >= 4 is 26.7 Å². The predicted molar refractivity (Wildman–Crippen MR) is 100 cm³/mol. The fourth-order valence-corrected chi connectivity index (χ4v) is 5.61. The molecule has 1 aliphatic rings. The average Bonchev–Trinajstić information content (AvgIpc) is 3.04. The van der Waals surface area contributed by atoms with Gasteiger partial charge in [-0.2, -0.15) is 0 Å². The van der Waals surface area contributed by atoms with Crippen LogP contribution in [0.4, 0.5) is 0 Å². The van der Waals surface area contributed by atoms with E-state index in [-0.39, 0.29) is 28.6 Å². The standard InChI is InChI=1S/C19H25NO5S/c1-13(2)12-26(22,23)15-7-9-20(10-8-15)19(21)17-11-14-5-4-6-16(24-3)18(14)25-17/h4-6,11,13,15H,7-10,12H2,1-3H3. The van der Waals surface area contributed by atoms with Crippen LogP contribution in [0.1, 0.15) is 37.2 Å². The van der Waals surface area contributed by atoms with Crippen molar-refractivity contribution in [3.05, 3.63) is 30.0 Å². The van der Waals surface area contributed by atoms with Crippen molar-refractivity contribution in [2.45, 2.75) is 31.9 Å². The molecule has 0 bridgehead atoms. The molecular weight excluding hydrogens is 354 g/mol. The largest absolute Gasteiger partial charge is 0.493 e. The summed E-state index contributed by atoms with van der Waals surface area (Å²) in [4.78, 5) is 14.4. The third-order valence-electron chi connectivity index (χ3n) is 4.74. The molecule has 0 unspecified atom stereocenters. The quantitative estimate of drug-likeness (QED) is 0.798. The molecule has 1 fully saturated rings. The van der Waals surface area contributed by atoms with Crippen LogP contribution in [0.2, 0.25) is 0 Å². The summed E-state index contributed by atoms with van der Waals surface area (Å²) in [6.45, 7) is 4.67. The van der Waals surface area contributed by atoms with Crippen molar-refractivity contribution in [3.63, 3.8) is 0 Å². The molecule has 0 saturated carbocycles. The van der Waals surface area contributed by atoms with Gasteiger partial charge in [0.15, 0.2) is 26.9 Å². The van der Waals surface area contributed by atoms with Gasteiger partial charge in [-0.25, -0.2) is 8.42 Å². The number of furan rings is 1. The Morgan fingerprint density at radius 1 is 1.31 bits per heavy atom. The molecule has 142 valence electrons. The number of hydrogen-bond acceptors (Lipinski definition) is 5. The molecule has 0 aliphatic carbocycles. The normalized spacial score (nSPS) is 16.4. The van der Waals surface area contributed by atoms with Gasteiger partial charge in [-0.1, -0.05) is 26.0 Å². The first-order chi connectivity index (χ1) is 12.3. The number of methoxy groups -OCH3 is 1. The Kier molecular flexibility index (Phi) is 5.27. The first kappa shape index (κ1) is 18.8. The van der Waals surface area contributed by atoms with Crippen LogP contribution in [0.5, 0.6) is 5.75 Å². The minimum atomic E-state index is -3.10. The Labute approximate surface area is 154 Å². The van der Waals surface area contributed by atoms with E-state index in [4.69, 9.17) is 9.15 Å². The zero-order valence-electron chi connectivity index (χ0n) is 15.4. The van der Waals surface area contributed by atoms with Gasteiger partial charge in [-0.3, -0.25) is 4.79 Å². The summed E-state index contributed by atoms with van der Waals surface area (Å²) >= 11 is 0. The number of para-hydroxylation sites is 1. The maximum atomic E-state index is 12.7. The third-order valence-corrected chi connectivity index (χ3v) is 7.36. The molecule has 6 nitrogen and oxygen atoms in total. The number of fused-ring (bicyclic) bond motifs is 1. The highest BCUT2D eigenvalue weighted by atomic mass is 32.2. The Hall–Kier alpha value is -2.02. The first-order valence-electron chi connectivity index (χ1n) is 8.89. The number of rotatable bonds is 5. The minimum absolute atomic E-state index is 0.116. The van der Waals surface area contributed by atoms with Gasteiger partial charge in [0.05, 0.1) is 18.1 Å². The lowest BCUT2D eigenvalue weighted by atomic mass is 10.1.